The molecule has 0 aliphatic carbocycles. The molecule has 0 fully saturated rings. The maximum atomic E-state index is 12.8. The Bertz CT molecular complexity index is 970. The third-order valence-electron chi connectivity index (χ3n) is 3.67. The minimum Gasteiger partial charge on any atom is -0.493 e. The van der Waals surface area contributed by atoms with Gasteiger partial charge in [-0.15, -0.1) is 5.11 Å². The van der Waals surface area contributed by atoms with Crippen LogP contribution >= 0.6 is 0 Å². The van der Waals surface area contributed by atoms with Gasteiger partial charge in [-0.2, -0.15) is 23.5 Å². The highest BCUT2D eigenvalue weighted by atomic mass is 19.4. The predicted molar refractivity (Wildman–Crippen MR) is 87.8 cm³/mol. The van der Waals surface area contributed by atoms with Gasteiger partial charge in [0, 0.05) is 11.6 Å². The first-order chi connectivity index (χ1) is 12.1. The monoisotopic (exact) mass is 364 g/mol. The molecule has 0 atom stereocenters. The zero-order chi connectivity index (χ0) is 19.6. The van der Waals surface area contributed by atoms with E-state index < -0.39 is 29.2 Å². The number of alkyl halides is 3. The molecule has 0 aliphatic rings. The van der Waals surface area contributed by atoms with Gasteiger partial charge in [-0.05, 0) is 39.0 Å². The van der Waals surface area contributed by atoms with Crippen molar-refractivity contribution in [2.45, 2.75) is 33.0 Å². The van der Waals surface area contributed by atoms with Gasteiger partial charge in [-0.25, -0.2) is 0 Å². The van der Waals surface area contributed by atoms with Crippen molar-refractivity contribution < 1.29 is 18.3 Å². The summed E-state index contributed by atoms with van der Waals surface area (Å²) in [5, 5.41) is 26.8. The second-order valence-electron chi connectivity index (χ2n) is 5.80. The first-order valence-corrected chi connectivity index (χ1v) is 7.55. The van der Waals surface area contributed by atoms with E-state index in [9.17, 15) is 28.3 Å². The Morgan fingerprint density at radius 2 is 1.92 bits per heavy atom. The Hall–Kier alpha value is -3.15. The van der Waals surface area contributed by atoms with Crippen LogP contribution in [0.4, 0.5) is 24.5 Å². The third-order valence-corrected chi connectivity index (χ3v) is 3.67. The lowest BCUT2D eigenvalue weighted by Gasteiger charge is -2.15. The smallest absolute Gasteiger partial charge is 0.416 e. The van der Waals surface area contributed by atoms with Gasteiger partial charge < -0.3 is 5.11 Å². The van der Waals surface area contributed by atoms with Crippen LogP contribution in [-0.4, -0.2) is 9.67 Å². The number of rotatable bonds is 3. The first-order valence-electron chi connectivity index (χ1n) is 7.55. The number of nitrogens with zero attached hydrogens (tertiary/aromatic N) is 4. The number of nitriles is 1. The van der Waals surface area contributed by atoms with Crippen molar-refractivity contribution in [2.24, 2.45) is 10.2 Å². The number of hydrogen-bond acceptors (Lipinski definition) is 5. The Kier molecular flexibility index (Phi) is 5.16. The third kappa shape index (κ3) is 3.59. The molecule has 26 heavy (non-hydrogen) atoms. The van der Waals surface area contributed by atoms with Crippen LogP contribution in [0.5, 0.6) is 5.88 Å². The van der Waals surface area contributed by atoms with E-state index in [0.717, 1.165) is 16.7 Å². The van der Waals surface area contributed by atoms with E-state index in [2.05, 4.69) is 10.2 Å². The largest absolute Gasteiger partial charge is 0.493 e. The quantitative estimate of drug-likeness (QED) is 0.797. The molecule has 0 saturated carbocycles. The second kappa shape index (κ2) is 7.00. The summed E-state index contributed by atoms with van der Waals surface area (Å²) in [6.45, 7) is 4.67. The highest BCUT2D eigenvalue weighted by molar-refractivity contribution is 5.57. The van der Waals surface area contributed by atoms with E-state index in [0.29, 0.717) is 0 Å². The summed E-state index contributed by atoms with van der Waals surface area (Å²) >= 11 is 0. The minimum absolute atomic E-state index is 0.0960. The van der Waals surface area contributed by atoms with Gasteiger partial charge in [0.25, 0.3) is 5.56 Å². The summed E-state index contributed by atoms with van der Waals surface area (Å²) < 4.78 is 39.2. The molecule has 0 bridgehead atoms. The zero-order valence-electron chi connectivity index (χ0n) is 14.2. The van der Waals surface area contributed by atoms with Gasteiger partial charge in [0.1, 0.15) is 11.6 Å². The van der Waals surface area contributed by atoms with Crippen LogP contribution in [0.15, 0.2) is 39.3 Å². The van der Waals surface area contributed by atoms with Crippen molar-refractivity contribution in [1.29, 1.82) is 5.26 Å². The number of hydrogen-bond donors (Lipinski definition) is 1. The molecular weight excluding hydrogens is 349 g/mol. The molecule has 1 aromatic heterocycles. The van der Waals surface area contributed by atoms with Crippen LogP contribution in [0.1, 0.15) is 36.6 Å². The number of halogens is 3. The lowest BCUT2D eigenvalue weighted by Crippen LogP contribution is -2.23. The number of azo groups is 1. The van der Waals surface area contributed by atoms with E-state index >= 15 is 0 Å². The molecular formula is C17H15F3N4O2. The molecule has 0 radical (unpaired) electrons. The predicted octanol–water partition coefficient (Wildman–Crippen LogP) is 4.75. The van der Waals surface area contributed by atoms with Gasteiger partial charge in [0.15, 0.2) is 5.69 Å². The van der Waals surface area contributed by atoms with Crippen molar-refractivity contribution in [3.63, 3.8) is 0 Å². The van der Waals surface area contributed by atoms with E-state index in [1.165, 1.54) is 19.1 Å². The van der Waals surface area contributed by atoms with Crippen molar-refractivity contribution in [3.8, 4) is 11.9 Å². The molecule has 0 saturated heterocycles. The molecule has 2 rings (SSSR count). The van der Waals surface area contributed by atoms with E-state index in [1.54, 1.807) is 19.9 Å². The standard InChI is InChI=1S/C17H15F3N4O2/c1-9(2)24-15(25)13(8-21)10(3)14(16(24)26)23-22-12-6-4-5-11(7-12)17(18,19)20/h4-7,9,25H,1-3H3. The van der Waals surface area contributed by atoms with Crippen molar-refractivity contribution >= 4 is 11.4 Å². The fourth-order valence-corrected chi connectivity index (χ4v) is 2.36. The zero-order valence-corrected chi connectivity index (χ0v) is 14.2. The van der Waals surface area contributed by atoms with Gasteiger partial charge >= 0.3 is 6.18 Å². The topological polar surface area (TPSA) is 90.7 Å². The number of pyridine rings is 1. The Morgan fingerprint density at radius 3 is 2.46 bits per heavy atom. The highest BCUT2D eigenvalue weighted by Gasteiger charge is 2.30. The van der Waals surface area contributed by atoms with Gasteiger partial charge in [-0.3, -0.25) is 9.36 Å². The fourth-order valence-electron chi connectivity index (χ4n) is 2.36. The van der Waals surface area contributed by atoms with Crippen molar-refractivity contribution in [1.82, 2.24) is 4.57 Å². The van der Waals surface area contributed by atoms with Crippen molar-refractivity contribution in [3.05, 3.63) is 51.3 Å². The van der Waals surface area contributed by atoms with Crippen molar-refractivity contribution in [2.75, 3.05) is 0 Å². The van der Waals surface area contributed by atoms with E-state index in [-0.39, 0.29) is 22.5 Å². The van der Waals surface area contributed by atoms with E-state index in [4.69, 9.17) is 0 Å². The van der Waals surface area contributed by atoms with Gasteiger partial charge in [0.2, 0.25) is 5.88 Å². The molecule has 1 aromatic carbocycles. The Morgan fingerprint density at radius 1 is 1.27 bits per heavy atom. The number of aromatic nitrogens is 1. The Labute approximate surface area is 146 Å². The van der Waals surface area contributed by atoms with Gasteiger partial charge in [-0.1, -0.05) is 6.07 Å². The molecule has 0 spiro atoms. The lowest BCUT2D eigenvalue weighted by atomic mass is 10.1. The second-order valence-corrected chi connectivity index (χ2v) is 5.80. The molecule has 1 heterocycles. The average molecular weight is 364 g/mol. The molecule has 136 valence electrons. The maximum Gasteiger partial charge on any atom is 0.416 e. The fraction of sp³-hybridized carbons (Fsp3) is 0.294. The van der Waals surface area contributed by atoms with Crippen LogP contribution in [0.3, 0.4) is 0 Å². The van der Waals surface area contributed by atoms with Gasteiger partial charge in [0.05, 0.1) is 11.3 Å². The van der Waals surface area contributed by atoms with E-state index in [1.807, 2.05) is 0 Å². The SMILES string of the molecule is Cc1c(C#N)c(O)n(C(C)C)c(=O)c1N=Nc1cccc(C(F)(F)F)c1. The molecule has 0 amide bonds. The summed E-state index contributed by atoms with van der Waals surface area (Å²) in [5.41, 5.74) is -1.94. The molecule has 6 nitrogen and oxygen atoms in total. The number of benzene rings is 1. The van der Waals surface area contributed by atoms with Crippen LogP contribution < -0.4 is 5.56 Å². The molecule has 0 unspecified atom stereocenters. The molecule has 2 aromatic rings. The summed E-state index contributed by atoms with van der Waals surface area (Å²) in [6.07, 6.45) is -4.53. The van der Waals surface area contributed by atoms with Crippen LogP contribution in [-0.2, 0) is 6.18 Å². The highest BCUT2D eigenvalue weighted by Crippen LogP contribution is 2.32. The van der Waals surface area contributed by atoms with Crippen LogP contribution in [0, 0.1) is 18.3 Å². The van der Waals surface area contributed by atoms with Crippen LogP contribution in [0.25, 0.3) is 0 Å². The first kappa shape index (κ1) is 19.2. The summed E-state index contributed by atoms with van der Waals surface area (Å²) in [4.78, 5) is 12.5. The maximum absolute atomic E-state index is 12.8. The number of aromatic hydroxyl groups is 1. The summed E-state index contributed by atoms with van der Waals surface area (Å²) in [6, 6.07) is 5.50. The lowest BCUT2D eigenvalue weighted by molar-refractivity contribution is -0.137. The molecule has 9 heteroatoms. The summed E-state index contributed by atoms with van der Waals surface area (Å²) in [5.74, 6) is -0.483. The Balaban J connectivity index is 2.61. The summed E-state index contributed by atoms with van der Waals surface area (Å²) in [7, 11) is 0. The normalized spacial score (nSPS) is 11.9. The molecule has 1 N–H and O–H groups in total. The van der Waals surface area contributed by atoms with Crippen LogP contribution in [0.2, 0.25) is 0 Å². The average Bonchev–Trinajstić information content (AvgIpc) is 2.54. The molecule has 0 aliphatic heterocycles. The minimum atomic E-state index is -4.53.